The Hall–Kier alpha value is -2.04. The van der Waals surface area contributed by atoms with E-state index in [9.17, 15) is 9.59 Å². The van der Waals surface area contributed by atoms with Crippen LogP contribution in [0, 0.1) is 5.92 Å². The van der Waals surface area contributed by atoms with Crippen LogP contribution in [0.4, 0.5) is 4.79 Å². The van der Waals surface area contributed by atoms with Crippen LogP contribution in [-0.4, -0.2) is 18.1 Å². The van der Waals surface area contributed by atoms with E-state index in [0.29, 0.717) is 18.0 Å². The highest BCUT2D eigenvalue weighted by Crippen LogP contribution is 2.11. The summed E-state index contributed by atoms with van der Waals surface area (Å²) in [6.07, 6.45) is 0.741. The first-order valence-electron chi connectivity index (χ1n) is 6.71. The number of carbonyl (C=O) groups excluding carboxylic acids is 2. The van der Waals surface area contributed by atoms with Crippen LogP contribution in [0.1, 0.15) is 43.1 Å². The zero-order valence-corrected chi connectivity index (χ0v) is 12.2. The van der Waals surface area contributed by atoms with Gasteiger partial charge < -0.3 is 15.8 Å². The van der Waals surface area contributed by atoms with Crippen LogP contribution in [0.2, 0.25) is 0 Å². The zero-order valence-electron chi connectivity index (χ0n) is 12.2. The van der Waals surface area contributed by atoms with Crippen molar-refractivity contribution in [1.82, 2.24) is 5.32 Å². The first kappa shape index (κ1) is 16.0. The zero-order chi connectivity index (χ0) is 15.1. The molecular weight excluding hydrogens is 256 g/mol. The Labute approximate surface area is 119 Å². The van der Waals surface area contributed by atoms with Gasteiger partial charge in [0.05, 0.1) is 11.7 Å². The standard InChI is InChI=1S/C15H22N2O3/c1-10(2)8-11(3)20-14(18)13-6-4-12(5-7-13)9-17-15(16)19/h4-7,10-11H,8-9H2,1-3H3,(H3,16,17,19)/t11-/m0/s1. The monoisotopic (exact) mass is 278 g/mol. The topological polar surface area (TPSA) is 81.4 Å². The quantitative estimate of drug-likeness (QED) is 0.784. The van der Waals surface area contributed by atoms with Gasteiger partial charge in [0.1, 0.15) is 0 Å². The summed E-state index contributed by atoms with van der Waals surface area (Å²) in [4.78, 5) is 22.5. The van der Waals surface area contributed by atoms with E-state index in [-0.39, 0.29) is 12.1 Å². The molecule has 0 spiro atoms. The molecule has 0 fully saturated rings. The molecule has 0 aliphatic heterocycles. The highest BCUT2D eigenvalue weighted by atomic mass is 16.5. The molecule has 110 valence electrons. The van der Waals surface area contributed by atoms with E-state index in [0.717, 1.165) is 12.0 Å². The summed E-state index contributed by atoms with van der Waals surface area (Å²) in [6, 6.07) is 6.32. The number of urea groups is 1. The summed E-state index contributed by atoms with van der Waals surface area (Å²) < 4.78 is 5.36. The Balaban J connectivity index is 2.55. The van der Waals surface area contributed by atoms with E-state index in [1.165, 1.54) is 0 Å². The van der Waals surface area contributed by atoms with Crippen molar-refractivity contribution < 1.29 is 14.3 Å². The molecule has 0 saturated carbocycles. The van der Waals surface area contributed by atoms with Gasteiger partial charge in [0.15, 0.2) is 0 Å². The highest BCUT2D eigenvalue weighted by molar-refractivity contribution is 5.89. The van der Waals surface area contributed by atoms with E-state index in [1.807, 2.05) is 6.92 Å². The Morgan fingerprint density at radius 1 is 1.20 bits per heavy atom. The van der Waals surface area contributed by atoms with Crippen LogP contribution in [-0.2, 0) is 11.3 Å². The second-order valence-electron chi connectivity index (χ2n) is 5.26. The second-order valence-corrected chi connectivity index (χ2v) is 5.26. The van der Waals surface area contributed by atoms with Gasteiger partial charge >= 0.3 is 12.0 Å². The van der Waals surface area contributed by atoms with Crippen molar-refractivity contribution in [3.63, 3.8) is 0 Å². The highest BCUT2D eigenvalue weighted by Gasteiger charge is 2.13. The lowest BCUT2D eigenvalue weighted by Gasteiger charge is -2.15. The van der Waals surface area contributed by atoms with Crippen LogP contribution >= 0.6 is 0 Å². The largest absolute Gasteiger partial charge is 0.459 e. The normalized spacial score (nSPS) is 12.0. The smallest absolute Gasteiger partial charge is 0.338 e. The number of hydrogen-bond acceptors (Lipinski definition) is 3. The molecule has 1 atom stereocenters. The molecule has 0 radical (unpaired) electrons. The van der Waals surface area contributed by atoms with Gasteiger partial charge in [0.25, 0.3) is 0 Å². The molecule has 0 aromatic heterocycles. The number of benzene rings is 1. The van der Waals surface area contributed by atoms with Crippen LogP contribution < -0.4 is 11.1 Å². The lowest BCUT2D eigenvalue weighted by atomic mass is 10.1. The van der Waals surface area contributed by atoms with Crippen molar-refractivity contribution in [2.75, 3.05) is 0 Å². The minimum Gasteiger partial charge on any atom is -0.459 e. The number of esters is 1. The van der Waals surface area contributed by atoms with Crippen molar-refractivity contribution >= 4 is 12.0 Å². The molecule has 5 nitrogen and oxygen atoms in total. The number of carbonyl (C=O) groups is 2. The van der Waals surface area contributed by atoms with Gasteiger partial charge in [-0.25, -0.2) is 9.59 Å². The van der Waals surface area contributed by atoms with Gasteiger partial charge in [0, 0.05) is 6.54 Å². The average molecular weight is 278 g/mol. The van der Waals surface area contributed by atoms with Crippen molar-refractivity contribution in [2.24, 2.45) is 11.7 Å². The lowest BCUT2D eigenvalue weighted by Crippen LogP contribution is -2.28. The van der Waals surface area contributed by atoms with Crippen LogP contribution in [0.5, 0.6) is 0 Å². The number of hydrogen-bond donors (Lipinski definition) is 2. The second kappa shape index (κ2) is 7.53. The van der Waals surface area contributed by atoms with Crippen molar-refractivity contribution in [2.45, 2.75) is 39.8 Å². The van der Waals surface area contributed by atoms with Gasteiger partial charge in [-0.3, -0.25) is 0 Å². The van der Waals surface area contributed by atoms with Crippen molar-refractivity contribution in [3.05, 3.63) is 35.4 Å². The molecule has 2 amide bonds. The molecule has 1 rings (SSSR count). The minimum absolute atomic E-state index is 0.0984. The average Bonchev–Trinajstić information content (AvgIpc) is 2.35. The third-order valence-corrected chi connectivity index (χ3v) is 2.77. The summed E-state index contributed by atoms with van der Waals surface area (Å²) in [6.45, 7) is 6.41. The summed E-state index contributed by atoms with van der Waals surface area (Å²) in [5.74, 6) is 0.160. The van der Waals surface area contributed by atoms with E-state index in [1.54, 1.807) is 24.3 Å². The Morgan fingerprint density at radius 3 is 2.30 bits per heavy atom. The van der Waals surface area contributed by atoms with Crippen LogP contribution in [0.3, 0.4) is 0 Å². The number of nitrogens with two attached hydrogens (primary N) is 1. The molecule has 0 heterocycles. The summed E-state index contributed by atoms with van der Waals surface area (Å²) in [5.41, 5.74) is 6.36. The summed E-state index contributed by atoms with van der Waals surface area (Å²) >= 11 is 0. The number of rotatable bonds is 6. The maximum atomic E-state index is 11.9. The van der Waals surface area contributed by atoms with Gasteiger partial charge in [0.2, 0.25) is 0 Å². The Morgan fingerprint density at radius 2 is 1.80 bits per heavy atom. The molecule has 0 saturated heterocycles. The maximum Gasteiger partial charge on any atom is 0.338 e. The molecule has 20 heavy (non-hydrogen) atoms. The van der Waals surface area contributed by atoms with Crippen LogP contribution in [0.25, 0.3) is 0 Å². The molecule has 5 heteroatoms. The summed E-state index contributed by atoms with van der Waals surface area (Å²) in [5, 5.41) is 2.49. The summed E-state index contributed by atoms with van der Waals surface area (Å²) in [7, 11) is 0. The Bertz CT molecular complexity index is 455. The maximum absolute atomic E-state index is 11.9. The van der Waals surface area contributed by atoms with E-state index >= 15 is 0 Å². The molecule has 0 unspecified atom stereocenters. The first-order valence-corrected chi connectivity index (χ1v) is 6.71. The van der Waals surface area contributed by atoms with E-state index in [4.69, 9.17) is 10.5 Å². The molecule has 1 aromatic carbocycles. The van der Waals surface area contributed by atoms with Crippen LogP contribution in [0.15, 0.2) is 24.3 Å². The SMILES string of the molecule is CC(C)C[C@H](C)OC(=O)c1ccc(CNC(N)=O)cc1. The molecule has 0 aliphatic rings. The van der Waals surface area contributed by atoms with Gasteiger partial charge in [-0.2, -0.15) is 0 Å². The molecule has 0 bridgehead atoms. The molecular formula is C15H22N2O3. The third kappa shape index (κ3) is 5.73. The third-order valence-electron chi connectivity index (χ3n) is 2.77. The van der Waals surface area contributed by atoms with E-state index in [2.05, 4.69) is 19.2 Å². The van der Waals surface area contributed by atoms with Gasteiger partial charge in [-0.05, 0) is 37.0 Å². The fourth-order valence-corrected chi connectivity index (χ4v) is 1.91. The van der Waals surface area contributed by atoms with Gasteiger partial charge in [-0.1, -0.05) is 26.0 Å². The molecule has 1 aromatic rings. The number of primary amides is 1. The minimum atomic E-state index is -0.573. The predicted octanol–water partition coefficient (Wildman–Crippen LogP) is 2.45. The fourth-order valence-electron chi connectivity index (χ4n) is 1.91. The van der Waals surface area contributed by atoms with E-state index < -0.39 is 6.03 Å². The van der Waals surface area contributed by atoms with Crippen molar-refractivity contribution in [3.8, 4) is 0 Å². The predicted molar refractivity (Wildman–Crippen MR) is 77.2 cm³/mol. The van der Waals surface area contributed by atoms with Gasteiger partial charge in [-0.15, -0.1) is 0 Å². The fraction of sp³-hybridized carbons (Fsp3) is 0.467. The number of amides is 2. The number of ether oxygens (including phenoxy) is 1. The molecule has 3 N–H and O–H groups in total. The lowest BCUT2D eigenvalue weighted by molar-refractivity contribution is 0.0299. The Kier molecular flexibility index (Phi) is 6.03. The first-order chi connectivity index (χ1) is 9.38. The van der Waals surface area contributed by atoms with Crippen molar-refractivity contribution in [1.29, 1.82) is 0 Å². The molecule has 0 aliphatic carbocycles. The number of nitrogens with one attached hydrogen (secondary N) is 1.